The lowest BCUT2D eigenvalue weighted by molar-refractivity contribution is 0.0811. The van der Waals surface area contributed by atoms with Crippen molar-refractivity contribution in [2.45, 2.75) is 19.2 Å². The van der Waals surface area contributed by atoms with Gasteiger partial charge in [-0.15, -0.1) is 0 Å². The standard InChI is InChI=1S/C26H30F2N8O2/c1-15-11-17-22(28)19(12-18(27)23(17)32-15)38-25-21(26(37)34(2)3)24(30-14-31-25)33-20-6-5-16(13-29-20)36-9-7-35(4)8-10-36/h5-6,11-14,19,22,32H,7-10H2,1-4H3,(H,29,30,31,33). The molecule has 1 saturated heterocycles. The van der Waals surface area contributed by atoms with E-state index in [0.717, 1.165) is 37.9 Å². The Morgan fingerprint density at radius 3 is 2.63 bits per heavy atom. The summed E-state index contributed by atoms with van der Waals surface area (Å²) in [4.78, 5) is 34.7. The Bertz CT molecular complexity index is 1350. The minimum Gasteiger partial charge on any atom is -0.466 e. The van der Waals surface area contributed by atoms with E-state index in [-0.39, 0.29) is 28.5 Å². The number of carbonyl (C=O) groups is 1. The largest absolute Gasteiger partial charge is 0.466 e. The monoisotopic (exact) mass is 524 g/mol. The van der Waals surface area contributed by atoms with Crippen LogP contribution in [0, 0.1) is 6.92 Å². The average Bonchev–Trinajstić information content (AvgIpc) is 3.30. The average molecular weight is 525 g/mol. The van der Waals surface area contributed by atoms with Crippen LogP contribution in [0.25, 0.3) is 5.83 Å². The van der Waals surface area contributed by atoms with Crippen LogP contribution in [0.1, 0.15) is 33.5 Å². The second-order valence-corrected chi connectivity index (χ2v) is 9.70. The normalized spacial score (nSPS) is 19.5. The summed E-state index contributed by atoms with van der Waals surface area (Å²) in [7, 11) is 5.24. The van der Waals surface area contributed by atoms with Crippen LogP contribution < -0.4 is 15.0 Å². The van der Waals surface area contributed by atoms with Crippen LogP contribution in [-0.4, -0.2) is 89.1 Å². The summed E-state index contributed by atoms with van der Waals surface area (Å²) in [5.41, 5.74) is 1.87. The second kappa shape index (κ2) is 10.4. The summed E-state index contributed by atoms with van der Waals surface area (Å²) in [6.07, 6.45) is 1.02. The number of anilines is 3. The van der Waals surface area contributed by atoms with Gasteiger partial charge in [0.2, 0.25) is 5.88 Å². The number of piperazine rings is 1. The maximum Gasteiger partial charge on any atom is 0.262 e. The molecule has 38 heavy (non-hydrogen) atoms. The van der Waals surface area contributed by atoms with E-state index in [2.05, 4.69) is 42.1 Å². The Labute approximate surface area is 219 Å². The number of nitrogens with zero attached hydrogens (tertiary/aromatic N) is 6. The molecule has 200 valence electrons. The third-order valence-corrected chi connectivity index (χ3v) is 6.66. The molecule has 12 heteroatoms. The van der Waals surface area contributed by atoms with Crippen LogP contribution in [0.15, 0.2) is 36.8 Å². The number of likely N-dealkylation sites (N-methyl/N-ethyl adjacent to an activating group) is 1. The van der Waals surface area contributed by atoms with Crippen molar-refractivity contribution in [1.29, 1.82) is 0 Å². The van der Waals surface area contributed by atoms with Gasteiger partial charge in [0, 0.05) is 51.5 Å². The zero-order chi connectivity index (χ0) is 27.0. The quantitative estimate of drug-likeness (QED) is 0.505. The van der Waals surface area contributed by atoms with Gasteiger partial charge in [0.1, 0.15) is 23.5 Å². The van der Waals surface area contributed by atoms with Crippen molar-refractivity contribution in [1.82, 2.24) is 29.7 Å². The molecule has 0 saturated carbocycles. The molecule has 2 unspecified atom stereocenters. The van der Waals surface area contributed by atoms with Gasteiger partial charge in [-0.3, -0.25) is 4.79 Å². The molecule has 1 aliphatic heterocycles. The highest BCUT2D eigenvalue weighted by Crippen LogP contribution is 2.39. The number of H-pyrrole nitrogens is 1. The predicted molar refractivity (Wildman–Crippen MR) is 140 cm³/mol. The fourth-order valence-corrected chi connectivity index (χ4v) is 4.54. The first-order chi connectivity index (χ1) is 18.2. The molecule has 0 aromatic carbocycles. The van der Waals surface area contributed by atoms with E-state index in [0.29, 0.717) is 11.5 Å². The van der Waals surface area contributed by atoms with Crippen molar-refractivity contribution in [3.8, 4) is 5.88 Å². The molecule has 0 spiro atoms. The third kappa shape index (κ3) is 5.03. The number of ether oxygens (including phenoxy) is 1. The highest BCUT2D eigenvalue weighted by atomic mass is 19.1. The van der Waals surface area contributed by atoms with Gasteiger partial charge >= 0.3 is 0 Å². The number of pyridine rings is 1. The van der Waals surface area contributed by atoms with E-state index in [9.17, 15) is 9.18 Å². The molecule has 1 aliphatic carbocycles. The first kappa shape index (κ1) is 25.6. The van der Waals surface area contributed by atoms with Gasteiger partial charge in [-0.25, -0.2) is 23.7 Å². The number of rotatable bonds is 6. The van der Waals surface area contributed by atoms with E-state index in [1.807, 2.05) is 6.07 Å². The zero-order valence-electron chi connectivity index (χ0n) is 21.7. The van der Waals surface area contributed by atoms with Gasteiger partial charge in [0.15, 0.2) is 18.1 Å². The lowest BCUT2D eigenvalue weighted by Crippen LogP contribution is -2.44. The van der Waals surface area contributed by atoms with Crippen LogP contribution in [0.3, 0.4) is 0 Å². The Hall–Kier alpha value is -4.06. The van der Waals surface area contributed by atoms with Gasteiger partial charge in [0.05, 0.1) is 17.6 Å². The number of aromatic amines is 1. The van der Waals surface area contributed by atoms with E-state index in [1.54, 1.807) is 39.3 Å². The van der Waals surface area contributed by atoms with Crippen LogP contribution in [0.2, 0.25) is 0 Å². The molecule has 0 radical (unpaired) electrons. The molecular formula is C26H30F2N8O2. The maximum absolute atomic E-state index is 15.3. The first-order valence-corrected chi connectivity index (χ1v) is 12.3. The summed E-state index contributed by atoms with van der Waals surface area (Å²) < 4.78 is 35.9. The minimum atomic E-state index is -1.66. The lowest BCUT2D eigenvalue weighted by Gasteiger charge is -2.33. The maximum atomic E-state index is 15.3. The van der Waals surface area contributed by atoms with Gasteiger partial charge in [-0.1, -0.05) is 0 Å². The van der Waals surface area contributed by atoms with E-state index in [1.165, 1.54) is 11.2 Å². The highest BCUT2D eigenvalue weighted by Gasteiger charge is 2.35. The summed E-state index contributed by atoms with van der Waals surface area (Å²) in [6, 6.07) is 5.29. The number of halogens is 2. The second-order valence-electron chi connectivity index (χ2n) is 9.70. The summed E-state index contributed by atoms with van der Waals surface area (Å²) in [5, 5.41) is 3.06. The van der Waals surface area contributed by atoms with Crippen molar-refractivity contribution in [2.24, 2.45) is 0 Å². The minimum absolute atomic E-state index is 0.0144. The molecule has 2 aliphatic rings. The fraction of sp³-hybridized carbons (Fsp3) is 0.385. The molecular weight excluding hydrogens is 494 g/mol. The van der Waals surface area contributed by atoms with Crippen LogP contribution in [0.5, 0.6) is 5.88 Å². The molecule has 3 aromatic heterocycles. The zero-order valence-corrected chi connectivity index (χ0v) is 21.7. The molecule has 0 bridgehead atoms. The van der Waals surface area contributed by atoms with Crippen molar-refractivity contribution >= 4 is 29.1 Å². The van der Waals surface area contributed by atoms with Crippen LogP contribution >= 0.6 is 0 Å². The smallest absolute Gasteiger partial charge is 0.262 e. The molecule has 3 aromatic rings. The van der Waals surface area contributed by atoms with Crippen molar-refractivity contribution < 1.29 is 18.3 Å². The molecule has 2 atom stereocenters. The van der Waals surface area contributed by atoms with Gasteiger partial charge in [-0.05, 0) is 38.2 Å². The number of amides is 1. The first-order valence-electron chi connectivity index (χ1n) is 12.3. The molecule has 2 N–H and O–H groups in total. The van der Waals surface area contributed by atoms with Gasteiger partial charge < -0.3 is 29.7 Å². The molecule has 10 nitrogen and oxygen atoms in total. The number of aromatic nitrogens is 4. The van der Waals surface area contributed by atoms with Gasteiger partial charge in [0.25, 0.3) is 5.91 Å². The summed E-state index contributed by atoms with van der Waals surface area (Å²) in [5.74, 6) is -0.666. The number of carbonyl (C=O) groups excluding carboxylic acids is 1. The number of fused-ring (bicyclic) bond motifs is 1. The number of alkyl halides is 1. The number of hydrogen-bond donors (Lipinski definition) is 2. The summed E-state index contributed by atoms with van der Waals surface area (Å²) in [6.45, 7) is 5.49. The number of nitrogens with one attached hydrogen (secondary N) is 2. The molecule has 4 heterocycles. The molecule has 1 amide bonds. The number of hydrogen-bond acceptors (Lipinski definition) is 8. The Kier molecular flexibility index (Phi) is 6.98. The SMILES string of the molecule is Cc1cc2c([nH]1)C(F)=CC(Oc1ncnc(Nc3ccc(N4CCN(C)CC4)cn3)c1C(=O)N(C)C)C2F. The predicted octanol–water partition coefficient (Wildman–Crippen LogP) is 3.49. The molecule has 5 rings (SSSR count). The lowest BCUT2D eigenvalue weighted by atomic mass is 9.99. The fourth-order valence-electron chi connectivity index (χ4n) is 4.54. The Morgan fingerprint density at radius 1 is 1.18 bits per heavy atom. The van der Waals surface area contributed by atoms with Crippen molar-refractivity contribution in [3.63, 3.8) is 0 Å². The van der Waals surface area contributed by atoms with Crippen molar-refractivity contribution in [2.75, 3.05) is 57.5 Å². The Morgan fingerprint density at radius 2 is 1.95 bits per heavy atom. The topological polar surface area (TPSA) is 103 Å². The number of aryl methyl sites for hydroxylation is 1. The summed E-state index contributed by atoms with van der Waals surface area (Å²) >= 11 is 0. The van der Waals surface area contributed by atoms with E-state index in [4.69, 9.17) is 4.74 Å². The Balaban J connectivity index is 1.41. The van der Waals surface area contributed by atoms with E-state index >= 15 is 4.39 Å². The molecule has 1 fully saturated rings. The highest BCUT2D eigenvalue weighted by molar-refractivity contribution is 6.01. The van der Waals surface area contributed by atoms with Gasteiger partial charge in [-0.2, -0.15) is 0 Å². The van der Waals surface area contributed by atoms with Crippen LogP contribution in [0.4, 0.5) is 26.1 Å². The van der Waals surface area contributed by atoms with Crippen molar-refractivity contribution in [3.05, 3.63) is 59.3 Å². The van der Waals surface area contributed by atoms with E-state index < -0.39 is 24.0 Å². The third-order valence-electron chi connectivity index (χ3n) is 6.66. The van der Waals surface area contributed by atoms with Crippen LogP contribution in [-0.2, 0) is 0 Å².